The zero-order valence-electron chi connectivity index (χ0n) is 17.9. The predicted octanol–water partition coefficient (Wildman–Crippen LogP) is 2.13. The Morgan fingerprint density at radius 2 is 1.70 bits per heavy atom. The molecule has 0 saturated carbocycles. The molecule has 8 nitrogen and oxygen atoms in total. The zero-order valence-corrected chi connectivity index (χ0v) is 17.9. The Hall–Kier alpha value is -3.83. The van der Waals surface area contributed by atoms with Crippen molar-refractivity contribution in [3.63, 3.8) is 0 Å². The van der Waals surface area contributed by atoms with Gasteiger partial charge in [-0.1, -0.05) is 54.5 Å². The maximum absolute atomic E-state index is 12.1. The highest BCUT2D eigenvalue weighted by Gasteiger charge is 2.31. The number of nitrogens with one attached hydrogen (secondary N) is 2. The van der Waals surface area contributed by atoms with Crippen LogP contribution in [-0.4, -0.2) is 55.5 Å². The van der Waals surface area contributed by atoms with Crippen molar-refractivity contribution in [1.29, 1.82) is 0 Å². The van der Waals surface area contributed by atoms with Crippen molar-refractivity contribution in [1.82, 2.24) is 10.6 Å². The number of carboxylic acids is 1. The van der Waals surface area contributed by atoms with E-state index in [1.807, 2.05) is 36.4 Å². The number of aliphatic carboxylic acids is 1. The van der Waals surface area contributed by atoms with Gasteiger partial charge in [-0.3, -0.25) is 9.59 Å². The molecule has 2 aromatic carbocycles. The fourth-order valence-corrected chi connectivity index (χ4v) is 4.16. The highest BCUT2D eigenvalue weighted by molar-refractivity contribution is 5.93. The summed E-state index contributed by atoms with van der Waals surface area (Å²) >= 11 is 0. The molecule has 0 bridgehead atoms. The Balaban J connectivity index is 1.19. The lowest BCUT2D eigenvalue weighted by Gasteiger charge is -2.14. The quantitative estimate of drug-likeness (QED) is 0.584. The fraction of sp³-hybridized carbons (Fsp3) is 0.320. The Kier molecular flexibility index (Phi) is 6.91. The number of carbonyl (C=O) groups is 3. The number of alkyl carbamates (subject to hydrolysis) is 1. The van der Waals surface area contributed by atoms with E-state index in [4.69, 9.17) is 14.6 Å². The second-order valence-electron chi connectivity index (χ2n) is 7.92. The van der Waals surface area contributed by atoms with Gasteiger partial charge in [0.25, 0.3) is 5.91 Å². The number of benzene rings is 2. The number of hydrogen-bond donors (Lipinski definition) is 3. The van der Waals surface area contributed by atoms with Gasteiger partial charge in [0.05, 0.1) is 25.2 Å². The lowest BCUT2D eigenvalue weighted by Crippen LogP contribution is -2.31. The molecular formula is C25H24N2O6. The van der Waals surface area contributed by atoms with Gasteiger partial charge in [0, 0.05) is 12.5 Å². The molecule has 2 aromatic rings. The van der Waals surface area contributed by atoms with Gasteiger partial charge < -0.3 is 25.2 Å². The Bertz CT molecular complexity index is 1070. The third-order valence-electron chi connectivity index (χ3n) is 5.79. The average molecular weight is 448 g/mol. The van der Waals surface area contributed by atoms with Crippen molar-refractivity contribution in [3.8, 4) is 23.0 Å². The van der Waals surface area contributed by atoms with Crippen LogP contribution < -0.4 is 10.6 Å². The van der Waals surface area contributed by atoms with Crippen LogP contribution in [0.3, 0.4) is 0 Å². The number of amides is 2. The summed E-state index contributed by atoms with van der Waals surface area (Å²) in [5, 5.41) is 14.0. The van der Waals surface area contributed by atoms with Crippen molar-refractivity contribution in [2.45, 2.75) is 18.4 Å². The molecule has 4 rings (SSSR count). The SMILES string of the molecule is O=C(C#CCNC(=O)OCC1c2ccccc2-c2ccccc21)NC[C@@H]1C[C@H](C(=O)O)CO1. The Morgan fingerprint density at radius 1 is 1.03 bits per heavy atom. The minimum absolute atomic E-state index is 0.0291. The molecule has 170 valence electrons. The van der Waals surface area contributed by atoms with Gasteiger partial charge >= 0.3 is 12.1 Å². The smallest absolute Gasteiger partial charge is 0.407 e. The van der Waals surface area contributed by atoms with Gasteiger partial charge in [0.15, 0.2) is 0 Å². The fourth-order valence-electron chi connectivity index (χ4n) is 4.16. The number of carboxylic acid groups (broad SMARTS) is 1. The number of ether oxygens (including phenoxy) is 2. The highest BCUT2D eigenvalue weighted by atomic mass is 16.5. The topological polar surface area (TPSA) is 114 Å². The lowest BCUT2D eigenvalue weighted by molar-refractivity contribution is -0.141. The summed E-state index contributed by atoms with van der Waals surface area (Å²) in [6.07, 6.45) is -0.590. The van der Waals surface area contributed by atoms with Crippen LogP contribution in [0.5, 0.6) is 0 Å². The molecule has 1 heterocycles. The van der Waals surface area contributed by atoms with Crippen LogP contribution in [0.4, 0.5) is 4.79 Å². The predicted molar refractivity (Wildman–Crippen MR) is 119 cm³/mol. The van der Waals surface area contributed by atoms with Gasteiger partial charge in [0.2, 0.25) is 0 Å². The molecule has 3 N–H and O–H groups in total. The van der Waals surface area contributed by atoms with Gasteiger partial charge in [-0.15, -0.1) is 0 Å². The first-order valence-corrected chi connectivity index (χ1v) is 10.7. The number of fused-ring (bicyclic) bond motifs is 3. The van der Waals surface area contributed by atoms with Crippen molar-refractivity contribution in [3.05, 3.63) is 59.7 Å². The molecule has 0 unspecified atom stereocenters. The summed E-state index contributed by atoms with van der Waals surface area (Å²) in [5.41, 5.74) is 4.56. The van der Waals surface area contributed by atoms with Crippen molar-refractivity contribution < 1.29 is 29.0 Å². The molecule has 2 atom stereocenters. The van der Waals surface area contributed by atoms with Crippen LogP contribution in [0, 0.1) is 17.8 Å². The first kappa shape index (κ1) is 22.4. The largest absolute Gasteiger partial charge is 0.481 e. The summed E-state index contributed by atoms with van der Waals surface area (Å²) in [5.74, 6) is 2.95. The van der Waals surface area contributed by atoms with E-state index in [-0.39, 0.29) is 38.3 Å². The van der Waals surface area contributed by atoms with Crippen molar-refractivity contribution in [2.75, 3.05) is 26.3 Å². The Labute approximate surface area is 191 Å². The van der Waals surface area contributed by atoms with Crippen LogP contribution in [0.15, 0.2) is 48.5 Å². The standard InChI is InChI=1S/C25H24N2O6/c28-23(27-13-17-12-16(14-32-17)24(29)30)10-5-11-26-25(31)33-15-22-20-8-3-1-6-18(20)19-7-2-4-9-21(19)22/h1-4,6-9,16-17,22H,11-15H2,(H,26,31)(H,27,28)(H,29,30)/t16-,17-/m0/s1. The average Bonchev–Trinajstić information content (AvgIpc) is 3.42. The van der Waals surface area contributed by atoms with Gasteiger partial charge in [-0.25, -0.2) is 4.79 Å². The third-order valence-corrected chi connectivity index (χ3v) is 5.79. The Morgan fingerprint density at radius 3 is 2.33 bits per heavy atom. The van der Waals surface area contributed by atoms with E-state index in [1.165, 1.54) is 0 Å². The first-order valence-electron chi connectivity index (χ1n) is 10.7. The molecule has 1 aliphatic heterocycles. The maximum Gasteiger partial charge on any atom is 0.407 e. The summed E-state index contributed by atoms with van der Waals surface area (Å²) in [4.78, 5) is 34.8. The molecule has 0 radical (unpaired) electrons. The molecule has 2 aliphatic rings. The van der Waals surface area contributed by atoms with Gasteiger partial charge in [-0.2, -0.15) is 0 Å². The molecule has 2 amide bonds. The van der Waals surface area contributed by atoms with Crippen LogP contribution in [-0.2, 0) is 19.1 Å². The van der Waals surface area contributed by atoms with E-state index in [2.05, 4.69) is 34.6 Å². The number of rotatable bonds is 6. The van der Waals surface area contributed by atoms with Crippen LogP contribution in [0.1, 0.15) is 23.5 Å². The van der Waals surface area contributed by atoms with E-state index in [9.17, 15) is 14.4 Å². The molecule has 0 spiro atoms. The van der Waals surface area contributed by atoms with E-state index in [0.29, 0.717) is 6.42 Å². The number of carbonyl (C=O) groups excluding carboxylic acids is 2. The van der Waals surface area contributed by atoms with Gasteiger partial charge in [0.1, 0.15) is 6.61 Å². The van der Waals surface area contributed by atoms with Crippen molar-refractivity contribution in [2.24, 2.45) is 5.92 Å². The molecule has 1 fully saturated rings. The molecule has 0 aromatic heterocycles. The minimum atomic E-state index is -0.900. The second-order valence-corrected chi connectivity index (χ2v) is 7.92. The molecule has 1 aliphatic carbocycles. The normalized spacial score (nSPS) is 18.4. The second kappa shape index (κ2) is 10.2. The van der Waals surface area contributed by atoms with Gasteiger partial charge in [-0.05, 0) is 34.6 Å². The minimum Gasteiger partial charge on any atom is -0.481 e. The first-order chi connectivity index (χ1) is 16.0. The molecule has 33 heavy (non-hydrogen) atoms. The van der Waals surface area contributed by atoms with E-state index < -0.39 is 23.9 Å². The molecule has 1 saturated heterocycles. The maximum atomic E-state index is 12.1. The zero-order chi connectivity index (χ0) is 23.2. The van der Waals surface area contributed by atoms with Crippen LogP contribution in [0.2, 0.25) is 0 Å². The summed E-state index contributed by atoms with van der Waals surface area (Å²) in [6.45, 7) is 0.500. The van der Waals surface area contributed by atoms with Crippen LogP contribution >= 0.6 is 0 Å². The van der Waals surface area contributed by atoms with E-state index in [0.717, 1.165) is 22.3 Å². The summed E-state index contributed by atoms with van der Waals surface area (Å²) < 4.78 is 10.7. The monoisotopic (exact) mass is 448 g/mol. The molecule has 8 heteroatoms. The lowest BCUT2D eigenvalue weighted by atomic mass is 9.98. The highest BCUT2D eigenvalue weighted by Crippen LogP contribution is 2.44. The van der Waals surface area contributed by atoms with E-state index >= 15 is 0 Å². The summed E-state index contributed by atoms with van der Waals surface area (Å²) in [6, 6.07) is 16.2. The summed E-state index contributed by atoms with van der Waals surface area (Å²) in [7, 11) is 0. The van der Waals surface area contributed by atoms with Crippen LogP contribution in [0.25, 0.3) is 11.1 Å². The van der Waals surface area contributed by atoms with E-state index in [1.54, 1.807) is 0 Å². The third kappa shape index (κ3) is 5.33. The molecular weight excluding hydrogens is 424 g/mol. The van der Waals surface area contributed by atoms with Crippen molar-refractivity contribution >= 4 is 18.0 Å². The number of hydrogen-bond acceptors (Lipinski definition) is 5.